The van der Waals surface area contributed by atoms with Crippen LogP contribution in [-0.2, 0) is 7.05 Å². The number of hydrogen-bond acceptors (Lipinski definition) is 3. The van der Waals surface area contributed by atoms with E-state index in [0.717, 1.165) is 0 Å². The molecule has 8 heteroatoms. The summed E-state index contributed by atoms with van der Waals surface area (Å²) in [5.74, 6) is -6.61. The maximum Gasteiger partial charge on any atom is 0.253 e. The van der Waals surface area contributed by atoms with Crippen molar-refractivity contribution in [3.8, 4) is 0 Å². The Bertz CT molecular complexity index is 540. The number of pyridine rings is 1. The van der Waals surface area contributed by atoms with Gasteiger partial charge in [0.25, 0.3) is 11.9 Å². The van der Waals surface area contributed by atoms with Crippen molar-refractivity contribution in [3.63, 3.8) is 0 Å². The van der Waals surface area contributed by atoms with Crippen LogP contribution in [-0.4, -0.2) is 14.8 Å². The van der Waals surface area contributed by atoms with E-state index in [2.05, 4.69) is 15.4 Å². The molecule has 0 aliphatic carbocycles. The van der Waals surface area contributed by atoms with Crippen molar-refractivity contribution in [2.45, 2.75) is 0 Å². The molecule has 1 N–H and O–H groups in total. The number of aromatic nitrogens is 3. The lowest BCUT2D eigenvalue weighted by atomic mass is 10.3. The SMILES string of the molecule is Cn1cc(Nc2c(F)c(F)nc(F)c2F)cn1. The van der Waals surface area contributed by atoms with Crippen LogP contribution in [0.15, 0.2) is 12.4 Å². The lowest BCUT2D eigenvalue weighted by molar-refractivity contribution is 0.411. The average Bonchev–Trinajstić information content (AvgIpc) is 2.68. The van der Waals surface area contributed by atoms with Gasteiger partial charge in [-0.15, -0.1) is 0 Å². The van der Waals surface area contributed by atoms with Gasteiger partial charge < -0.3 is 5.32 Å². The Hall–Kier alpha value is -2.12. The standard InChI is InChI=1S/C9H6F4N4/c1-17-3-4(2-14-17)15-7-5(10)8(12)16-9(13)6(7)11/h2-3H,1H3,(H,15,16). The Balaban J connectivity index is 2.45. The van der Waals surface area contributed by atoms with Gasteiger partial charge in [0.2, 0.25) is 11.6 Å². The third-order valence-corrected chi connectivity index (χ3v) is 1.97. The number of aryl methyl sites for hydroxylation is 1. The van der Waals surface area contributed by atoms with Crippen LogP contribution < -0.4 is 5.32 Å². The third-order valence-electron chi connectivity index (χ3n) is 1.97. The quantitative estimate of drug-likeness (QED) is 0.652. The van der Waals surface area contributed by atoms with Crippen LogP contribution >= 0.6 is 0 Å². The lowest BCUT2D eigenvalue weighted by Crippen LogP contribution is -2.05. The van der Waals surface area contributed by atoms with Gasteiger partial charge in [-0.2, -0.15) is 27.6 Å². The summed E-state index contributed by atoms with van der Waals surface area (Å²) in [5.41, 5.74) is -0.752. The van der Waals surface area contributed by atoms with E-state index in [1.807, 2.05) is 0 Å². The first kappa shape index (κ1) is 11.4. The van der Waals surface area contributed by atoms with Gasteiger partial charge in [0.1, 0.15) is 5.69 Å². The van der Waals surface area contributed by atoms with E-state index in [4.69, 9.17) is 0 Å². The predicted octanol–water partition coefficient (Wildman–Crippen LogP) is 2.12. The topological polar surface area (TPSA) is 42.7 Å². The Morgan fingerprint density at radius 1 is 1.12 bits per heavy atom. The highest BCUT2D eigenvalue weighted by Gasteiger charge is 2.20. The monoisotopic (exact) mass is 246 g/mol. The molecule has 2 aromatic rings. The molecule has 0 aromatic carbocycles. The van der Waals surface area contributed by atoms with Gasteiger partial charge >= 0.3 is 0 Å². The first-order valence-electron chi connectivity index (χ1n) is 4.44. The van der Waals surface area contributed by atoms with Crippen molar-refractivity contribution >= 4 is 11.4 Å². The summed E-state index contributed by atoms with van der Waals surface area (Å²) in [4.78, 5) is 2.44. The number of halogens is 4. The highest BCUT2D eigenvalue weighted by molar-refractivity contribution is 5.58. The Labute approximate surface area is 92.9 Å². The van der Waals surface area contributed by atoms with Crippen molar-refractivity contribution in [1.82, 2.24) is 14.8 Å². The maximum absolute atomic E-state index is 13.2. The zero-order chi connectivity index (χ0) is 12.6. The zero-order valence-electron chi connectivity index (χ0n) is 8.51. The molecule has 0 unspecified atom stereocenters. The van der Waals surface area contributed by atoms with E-state index < -0.39 is 29.2 Å². The summed E-state index contributed by atoms with van der Waals surface area (Å²) < 4.78 is 53.3. The Morgan fingerprint density at radius 3 is 2.18 bits per heavy atom. The summed E-state index contributed by atoms with van der Waals surface area (Å²) >= 11 is 0. The van der Waals surface area contributed by atoms with Gasteiger partial charge in [0.15, 0.2) is 0 Å². The lowest BCUT2D eigenvalue weighted by Gasteiger charge is -2.06. The first-order valence-corrected chi connectivity index (χ1v) is 4.44. The molecule has 0 amide bonds. The molecule has 0 saturated heterocycles. The molecular weight excluding hydrogens is 240 g/mol. The van der Waals surface area contributed by atoms with Gasteiger partial charge in [-0.05, 0) is 0 Å². The molecule has 0 aliphatic heterocycles. The maximum atomic E-state index is 13.2. The molecule has 0 spiro atoms. The molecule has 0 bridgehead atoms. The zero-order valence-corrected chi connectivity index (χ0v) is 8.51. The van der Waals surface area contributed by atoms with Crippen molar-refractivity contribution < 1.29 is 17.6 Å². The number of anilines is 2. The number of hydrogen-bond donors (Lipinski definition) is 1. The van der Waals surface area contributed by atoms with E-state index >= 15 is 0 Å². The Kier molecular flexibility index (Phi) is 2.70. The van der Waals surface area contributed by atoms with E-state index in [9.17, 15) is 17.6 Å². The molecule has 17 heavy (non-hydrogen) atoms. The van der Waals surface area contributed by atoms with Crippen LogP contribution in [0.3, 0.4) is 0 Å². The average molecular weight is 246 g/mol. The molecule has 4 nitrogen and oxygen atoms in total. The van der Waals surface area contributed by atoms with Crippen molar-refractivity contribution in [2.24, 2.45) is 7.05 Å². The van der Waals surface area contributed by atoms with Crippen LogP contribution in [0.4, 0.5) is 28.9 Å². The fourth-order valence-electron chi connectivity index (χ4n) is 1.23. The summed E-state index contributed by atoms with van der Waals surface area (Å²) in [5, 5.41) is 5.91. The molecule has 0 atom stereocenters. The Morgan fingerprint density at radius 2 is 1.71 bits per heavy atom. The predicted molar refractivity (Wildman–Crippen MR) is 50.6 cm³/mol. The second kappa shape index (κ2) is 4.04. The van der Waals surface area contributed by atoms with Crippen LogP contribution in [0.25, 0.3) is 0 Å². The minimum Gasteiger partial charge on any atom is -0.348 e. The van der Waals surface area contributed by atoms with Gasteiger partial charge in [-0.3, -0.25) is 4.68 Å². The molecule has 2 rings (SSSR count). The largest absolute Gasteiger partial charge is 0.348 e. The molecule has 2 heterocycles. The van der Waals surface area contributed by atoms with Gasteiger partial charge in [-0.1, -0.05) is 0 Å². The second-order valence-electron chi connectivity index (χ2n) is 3.22. The highest BCUT2D eigenvalue weighted by Crippen LogP contribution is 2.25. The smallest absolute Gasteiger partial charge is 0.253 e. The molecule has 0 aliphatic rings. The number of nitrogens with one attached hydrogen (secondary N) is 1. The van der Waals surface area contributed by atoms with Crippen molar-refractivity contribution in [1.29, 1.82) is 0 Å². The molecule has 2 aromatic heterocycles. The first-order chi connectivity index (χ1) is 7.99. The van der Waals surface area contributed by atoms with Gasteiger partial charge in [-0.25, -0.2) is 0 Å². The van der Waals surface area contributed by atoms with E-state index in [0.29, 0.717) is 0 Å². The molecule has 0 radical (unpaired) electrons. The minimum atomic E-state index is -1.71. The summed E-state index contributed by atoms with van der Waals surface area (Å²) in [6.45, 7) is 0. The van der Waals surface area contributed by atoms with Crippen LogP contribution in [0.5, 0.6) is 0 Å². The molecule has 0 fully saturated rings. The van der Waals surface area contributed by atoms with Crippen LogP contribution in [0.1, 0.15) is 0 Å². The second-order valence-corrected chi connectivity index (χ2v) is 3.22. The van der Waals surface area contributed by atoms with Crippen molar-refractivity contribution in [2.75, 3.05) is 5.32 Å². The van der Waals surface area contributed by atoms with Crippen molar-refractivity contribution in [3.05, 3.63) is 35.9 Å². The fraction of sp³-hybridized carbons (Fsp3) is 0.111. The van der Waals surface area contributed by atoms with E-state index in [1.165, 1.54) is 17.1 Å². The minimum absolute atomic E-state index is 0.190. The van der Waals surface area contributed by atoms with Gasteiger partial charge in [0, 0.05) is 13.2 Å². The summed E-state index contributed by atoms with van der Waals surface area (Å²) in [6, 6.07) is 0. The number of nitrogens with zero attached hydrogens (tertiary/aromatic N) is 3. The summed E-state index contributed by atoms with van der Waals surface area (Å²) in [6.07, 6.45) is 2.63. The normalized spacial score (nSPS) is 10.6. The third kappa shape index (κ3) is 2.05. The highest BCUT2D eigenvalue weighted by atomic mass is 19.2. The molecular formula is C9H6F4N4. The summed E-state index contributed by atoms with van der Waals surface area (Å²) in [7, 11) is 1.58. The van der Waals surface area contributed by atoms with E-state index in [-0.39, 0.29) is 5.69 Å². The number of rotatable bonds is 2. The van der Waals surface area contributed by atoms with Crippen LogP contribution in [0.2, 0.25) is 0 Å². The van der Waals surface area contributed by atoms with Crippen LogP contribution in [0, 0.1) is 23.5 Å². The molecule has 0 saturated carbocycles. The van der Waals surface area contributed by atoms with E-state index in [1.54, 1.807) is 7.05 Å². The fourth-order valence-corrected chi connectivity index (χ4v) is 1.23. The van der Waals surface area contributed by atoms with Gasteiger partial charge in [0.05, 0.1) is 11.9 Å². The molecule has 90 valence electrons.